The van der Waals surface area contributed by atoms with Crippen molar-refractivity contribution in [2.24, 2.45) is 5.73 Å². The summed E-state index contributed by atoms with van der Waals surface area (Å²) >= 11 is 0. The van der Waals surface area contributed by atoms with Crippen LogP contribution in [0.15, 0.2) is 48.5 Å². The topological polar surface area (TPSA) is 44.5 Å². The summed E-state index contributed by atoms with van der Waals surface area (Å²) in [6, 6.07) is 16.2. The van der Waals surface area contributed by atoms with E-state index in [1.54, 1.807) is 0 Å². The first-order valence-electron chi connectivity index (χ1n) is 7.43. The summed E-state index contributed by atoms with van der Waals surface area (Å²) in [5.41, 5.74) is 8.61. The Bertz CT molecular complexity index is 554. The fraction of sp³-hybridized carbons (Fsp3) is 0.333. The second-order valence-electron chi connectivity index (χ2n) is 4.87. The maximum Gasteiger partial charge on any atom is 0.161 e. The Morgan fingerprint density at radius 2 is 1.57 bits per heavy atom. The predicted octanol–water partition coefficient (Wildman–Crippen LogP) is 3.73. The van der Waals surface area contributed by atoms with Crippen LogP contribution in [0.5, 0.6) is 11.5 Å². The van der Waals surface area contributed by atoms with E-state index in [9.17, 15) is 0 Å². The molecule has 0 aliphatic heterocycles. The normalized spacial score (nSPS) is 12.0. The standard InChI is InChI=1S/C18H23NO2/c1-3-20-17-11-10-15(13-18(17)21-4-2)16(19)12-14-8-6-5-7-9-14/h5-11,13,16H,3-4,12,19H2,1-2H3. The van der Waals surface area contributed by atoms with Crippen LogP contribution in [0.3, 0.4) is 0 Å². The van der Waals surface area contributed by atoms with Gasteiger partial charge in [0.25, 0.3) is 0 Å². The third kappa shape index (κ3) is 4.23. The molecule has 2 rings (SSSR count). The smallest absolute Gasteiger partial charge is 0.161 e. The highest BCUT2D eigenvalue weighted by atomic mass is 16.5. The van der Waals surface area contributed by atoms with Gasteiger partial charge in [0.05, 0.1) is 13.2 Å². The van der Waals surface area contributed by atoms with Gasteiger partial charge in [-0.2, -0.15) is 0 Å². The molecule has 0 amide bonds. The molecule has 112 valence electrons. The molecule has 1 unspecified atom stereocenters. The summed E-state index contributed by atoms with van der Waals surface area (Å²) in [5, 5.41) is 0. The second-order valence-corrected chi connectivity index (χ2v) is 4.87. The van der Waals surface area contributed by atoms with Gasteiger partial charge in [-0.1, -0.05) is 36.4 Å². The van der Waals surface area contributed by atoms with E-state index in [2.05, 4.69) is 12.1 Å². The minimum absolute atomic E-state index is 0.0534. The SMILES string of the molecule is CCOc1ccc(C(N)Cc2ccccc2)cc1OCC. The number of hydrogen-bond donors (Lipinski definition) is 1. The van der Waals surface area contributed by atoms with Crippen LogP contribution in [0, 0.1) is 0 Å². The minimum Gasteiger partial charge on any atom is -0.490 e. The molecule has 0 aromatic heterocycles. The summed E-state index contributed by atoms with van der Waals surface area (Å²) in [7, 11) is 0. The molecule has 0 aliphatic rings. The minimum atomic E-state index is -0.0534. The largest absolute Gasteiger partial charge is 0.490 e. The molecule has 2 aromatic rings. The first-order valence-corrected chi connectivity index (χ1v) is 7.43. The molecule has 2 aromatic carbocycles. The van der Waals surface area contributed by atoms with Crippen molar-refractivity contribution in [1.82, 2.24) is 0 Å². The third-order valence-electron chi connectivity index (χ3n) is 3.29. The molecule has 1 atom stereocenters. The van der Waals surface area contributed by atoms with Gasteiger partial charge in [0, 0.05) is 6.04 Å². The molecule has 0 spiro atoms. The summed E-state index contributed by atoms with van der Waals surface area (Å²) in [6.45, 7) is 5.16. The molecule has 0 aliphatic carbocycles. The third-order valence-corrected chi connectivity index (χ3v) is 3.29. The zero-order chi connectivity index (χ0) is 15.1. The molecule has 0 radical (unpaired) electrons. The maximum atomic E-state index is 6.32. The fourth-order valence-corrected chi connectivity index (χ4v) is 2.28. The second kappa shape index (κ2) is 7.70. The fourth-order valence-electron chi connectivity index (χ4n) is 2.28. The number of ether oxygens (including phenoxy) is 2. The molecule has 0 saturated carbocycles. The van der Waals surface area contributed by atoms with Crippen molar-refractivity contribution in [3.05, 3.63) is 59.7 Å². The van der Waals surface area contributed by atoms with Crippen LogP contribution in [0.25, 0.3) is 0 Å². The van der Waals surface area contributed by atoms with Crippen molar-refractivity contribution in [2.75, 3.05) is 13.2 Å². The lowest BCUT2D eigenvalue weighted by molar-refractivity contribution is 0.287. The number of benzene rings is 2. The average Bonchev–Trinajstić information content (AvgIpc) is 2.50. The highest BCUT2D eigenvalue weighted by Crippen LogP contribution is 2.31. The van der Waals surface area contributed by atoms with Crippen molar-refractivity contribution >= 4 is 0 Å². The van der Waals surface area contributed by atoms with Gasteiger partial charge in [-0.15, -0.1) is 0 Å². The number of nitrogens with two attached hydrogens (primary N) is 1. The Morgan fingerprint density at radius 3 is 2.24 bits per heavy atom. The van der Waals surface area contributed by atoms with Crippen molar-refractivity contribution in [3.8, 4) is 11.5 Å². The molecule has 0 bridgehead atoms. The molecule has 0 saturated heterocycles. The molecular weight excluding hydrogens is 262 g/mol. The van der Waals surface area contributed by atoms with E-state index in [1.807, 2.05) is 50.2 Å². The van der Waals surface area contributed by atoms with Gasteiger partial charge >= 0.3 is 0 Å². The lowest BCUT2D eigenvalue weighted by Crippen LogP contribution is -2.13. The van der Waals surface area contributed by atoms with Gasteiger partial charge < -0.3 is 15.2 Å². The average molecular weight is 285 g/mol. The van der Waals surface area contributed by atoms with Crippen LogP contribution in [-0.4, -0.2) is 13.2 Å². The first-order chi connectivity index (χ1) is 10.2. The van der Waals surface area contributed by atoms with Crippen LogP contribution in [-0.2, 0) is 6.42 Å². The Balaban J connectivity index is 2.17. The monoisotopic (exact) mass is 285 g/mol. The Morgan fingerprint density at radius 1 is 0.905 bits per heavy atom. The van der Waals surface area contributed by atoms with Crippen LogP contribution in [0.2, 0.25) is 0 Å². The van der Waals surface area contributed by atoms with Crippen molar-refractivity contribution < 1.29 is 9.47 Å². The van der Waals surface area contributed by atoms with Gasteiger partial charge in [0.1, 0.15) is 0 Å². The lowest BCUT2D eigenvalue weighted by Gasteiger charge is -2.16. The molecule has 0 fully saturated rings. The summed E-state index contributed by atoms with van der Waals surface area (Å²) in [4.78, 5) is 0. The van der Waals surface area contributed by atoms with Gasteiger partial charge in [0.15, 0.2) is 11.5 Å². The molecule has 0 heterocycles. The van der Waals surface area contributed by atoms with Crippen molar-refractivity contribution in [1.29, 1.82) is 0 Å². The van der Waals surface area contributed by atoms with Gasteiger partial charge in [0.2, 0.25) is 0 Å². The van der Waals surface area contributed by atoms with E-state index in [0.29, 0.717) is 13.2 Å². The summed E-state index contributed by atoms with van der Waals surface area (Å²) in [6.07, 6.45) is 0.806. The Hall–Kier alpha value is -2.00. The molecule has 2 N–H and O–H groups in total. The highest BCUT2D eigenvalue weighted by Gasteiger charge is 2.12. The van der Waals surface area contributed by atoms with Crippen LogP contribution in [0.1, 0.15) is 31.0 Å². The van der Waals surface area contributed by atoms with E-state index in [-0.39, 0.29) is 6.04 Å². The molecule has 3 nitrogen and oxygen atoms in total. The van der Waals surface area contributed by atoms with Crippen LogP contribution >= 0.6 is 0 Å². The first kappa shape index (κ1) is 15.4. The molecular formula is C18H23NO2. The number of rotatable bonds is 7. The van der Waals surface area contributed by atoms with Crippen LogP contribution < -0.4 is 15.2 Å². The van der Waals surface area contributed by atoms with Crippen molar-refractivity contribution in [2.45, 2.75) is 26.3 Å². The van der Waals surface area contributed by atoms with E-state index < -0.39 is 0 Å². The van der Waals surface area contributed by atoms with Gasteiger partial charge in [-0.3, -0.25) is 0 Å². The summed E-state index contributed by atoms with van der Waals surface area (Å²) in [5.74, 6) is 1.54. The Labute approximate surface area is 126 Å². The maximum absolute atomic E-state index is 6.32. The lowest BCUT2D eigenvalue weighted by atomic mass is 9.99. The molecule has 21 heavy (non-hydrogen) atoms. The zero-order valence-electron chi connectivity index (χ0n) is 12.7. The van der Waals surface area contributed by atoms with E-state index in [4.69, 9.17) is 15.2 Å². The van der Waals surface area contributed by atoms with E-state index in [1.165, 1.54) is 5.56 Å². The Kier molecular flexibility index (Phi) is 5.64. The number of hydrogen-bond acceptors (Lipinski definition) is 3. The quantitative estimate of drug-likeness (QED) is 0.843. The highest BCUT2D eigenvalue weighted by molar-refractivity contribution is 5.44. The van der Waals surface area contributed by atoms with Crippen LogP contribution in [0.4, 0.5) is 0 Å². The van der Waals surface area contributed by atoms with Gasteiger partial charge in [-0.05, 0) is 43.5 Å². The predicted molar refractivity (Wildman–Crippen MR) is 85.9 cm³/mol. The van der Waals surface area contributed by atoms with E-state index >= 15 is 0 Å². The summed E-state index contributed by atoms with van der Waals surface area (Å²) < 4.78 is 11.2. The van der Waals surface area contributed by atoms with Crippen molar-refractivity contribution in [3.63, 3.8) is 0 Å². The van der Waals surface area contributed by atoms with E-state index in [0.717, 1.165) is 23.5 Å². The molecule has 3 heteroatoms. The zero-order valence-corrected chi connectivity index (χ0v) is 12.7. The van der Waals surface area contributed by atoms with Gasteiger partial charge in [-0.25, -0.2) is 0 Å².